The first-order valence-corrected chi connectivity index (χ1v) is 8.26. The van der Waals surface area contributed by atoms with Crippen LogP contribution < -0.4 is 19.5 Å². The predicted octanol–water partition coefficient (Wildman–Crippen LogP) is 3.70. The minimum absolute atomic E-state index is 0.132. The van der Waals surface area contributed by atoms with E-state index < -0.39 is 0 Å². The molecule has 1 aliphatic heterocycles. The van der Waals surface area contributed by atoms with Crippen LogP contribution in [0.15, 0.2) is 48.5 Å². The molecule has 2 aromatic rings. The predicted molar refractivity (Wildman–Crippen MR) is 95.8 cm³/mol. The highest BCUT2D eigenvalue weighted by Crippen LogP contribution is 2.34. The highest BCUT2D eigenvalue weighted by molar-refractivity contribution is 5.92. The Morgan fingerprint density at radius 2 is 1.96 bits per heavy atom. The molecular weight excluding hydrogens is 318 g/mol. The first-order valence-electron chi connectivity index (χ1n) is 8.26. The van der Waals surface area contributed by atoms with Crippen molar-refractivity contribution in [2.24, 2.45) is 0 Å². The van der Waals surface area contributed by atoms with Gasteiger partial charge in [-0.25, -0.2) is 0 Å². The van der Waals surface area contributed by atoms with E-state index in [4.69, 9.17) is 14.2 Å². The quantitative estimate of drug-likeness (QED) is 0.815. The van der Waals surface area contributed by atoms with E-state index in [1.807, 2.05) is 56.3 Å². The van der Waals surface area contributed by atoms with Gasteiger partial charge in [0.2, 0.25) is 12.7 Å². The molecule has 5 nitrogen and oxygen atoms in total. The molecule has 0 saturated heterocycles. The number of hydrogen-bond donors (Lipinski definition) is 1. The topological polar surface area (TPSA) is 56.8 Å². The summed E-state index contributed by atoms with van der Waals surface area (Å²) in [7, 11) is 0. The zero-order chi connectivity index (χ0) is 17.6. The Morgan fingerprint density at radius 1 is 1.20 bits per heavy atom. The summed E-state index contributed by atoms with van der Waals surface area (Å²) >= 11 is 0. The van der Waals surface area contributed by atoms with Crippen molar-refractivity contribution in [3.63, 3.8) is 0 Å². The summed E-state index contributed by atoms with van der Waals surface area (Å²) in [5.41, 5.74) is 1.90. The van der Waals surface area contributed by atoms with E-state index in [2.05, 4.69) is 5.32 Å². The molecular formula is C20H21NO4. The molecule has 3 rings (SSSR count). The van der Waals surface area contributed by atoms with Gasteiger partial charge in [-0.15, -0.1) is 0 Å². The molecule has 1 N–H and O–H groups in total. The average molecular weight is 339 g/mol. The van der Waals surface area contributed by atoms with Gasteiger partial charge in [-0.1, -0.05) is 18.2 Å². The van der Waals surface area contributed by atoms with Gasteiger partial charge >= 0.3 is 0 Å². The molecule has 2 aromatic carbocycles. The molecule has 1 heterocycles. The van der Waals surface area contributed by atoms with Gasteiger partial charge in [0.1, 0.15) is 5.75 Å². The fourth-order valence-corrected chi connectivity index (χ4v) is 2.54. The Bertz CT molecular complexity index is 768. The summed E-state index contributed by atoms with van der Waals surface area (Å²) in [4.78, 5) is 12.1. The van der Waals surface area contributed by atoms with Gasteiger partial charge in [0.25, 0.3) is 0 Å². The molecule has 0 radical (unpaired) electrons. The molecule has 1 amide bonds. The molecule has 0 bridgehead atoms. The van der Waals surface area contributed by atoms with Crippen molar-refractivity contribution < 1.29 is 19.0 Å². The Balaban J connectivity index is 1.58. The van der Waals surface area contributed by atoms with Gasteiger partial charge in [-0.3, -0.25) is 4.79 Å². The molecule has 0 aliphatic carbocycles. The number of carbonyl (C=O) groups excluding carboxylic acids is 1. The fourth-order valence-electron chi connectivity index (χ4n) is 2.54. The highest BCUT2D eigenvalue weighted by atomic mass is 16.7. The zero-order valence-corrected chi connectivity index (χ0v) is 14.3. The maximum absolute atomic E-state index is 12.1. The van der Waals surface area contributed by atoms with Gasteiger partial charge in [0, 0.05) is 6.08 Å². The fraction of sp³-hybridized carbons (Fsp3) is 0.250. The summed E-state index contributed by atoms with van der Waals surface area (Å²) in [5, 5.41) is 2.94. The lowest BCUT2D eigenvalue weighted by Crippen LogP contribution is -2.24. The Hall–Kier alpha value is -2.95. The first-order chi connectivity index (χ1) is 12.2. The zero-order valence-electron chi connectivity index (χ0n) is 14.3. The molecule has 0 spiro atoms. The number of nitrogens with one attached hydrogen (secondary N) is 1. The number of rotatable bonds is 6. The largest absolute Gasteiger partial charge is 0.494 e. The normalized spacial score (nSPS) is 13.7. The van der Waals surface area contributed by atoms with Crippen LogP contribution in [0, 0.1) is 0 Å². The van der Waals surface area contributed by atoms with Gasteiger partial charge in [-0.2, -0.15) is 0 Å². The van der Waals surface area contributed by atoms with E-state index in [0.29, 0.717) is 12.4 Å². The number of ether oxygens (including phenoxy) is 3. The van der Waals surface area contributed by atoms with E-state index in [1.54, 1.807) is 6.08 Å². The first kappa shape index (κ1) is 16.9. The van der Waals surface area contributed by atoms with Crippen molar-refractivity contribution in [3.05, 3.63) is 59.7 Å². The van der Waals surface area contributed by atoms with Crippen LogP contribution in [0.2, 0.25) is 0 Å². The smallest absolute Gasteiger partial charge is 0.244 e. The average Bonchev–Trinajstić information content (AvgIpc) is 3.09. The van der Waals surface area contributed by atoms with Gasteiger partial charge < -0.3 is 19.5 Å². The summed E-state index contributed by atoms with van der Waals surface area (Å²) < 4.78 is 16.1. The minimum Gasteiger partial charge on any atom is -0.494 e. The highest BCUT2D eigenvalue weighted by Gasteiger charge is 2.16. The number of fused-ring (bicyclic) bond motifs is 1. The van der Waals surface area contributed by atoms with E-state index in [9.17, 15) is 4.79 Å². The lowest BCUT2D eigenvalue weighted by molar-refractivity contribution is -0.117. The molecule has 1 unspecified atom stereocenters. The Morgan fingerprint density at radius 3 is 2.72 bits per heavy atom. The standard InChI is InChI=1S/C20H21NO4/c1-3-23-17-8-4-15(5-9-17)6-11-20(22)21-14(2)16-7-10-18-19(12-16)25-13-24-18/h4-12,14H,3,13H2,1-2H3,(H,21,22)/b11-6+. The summed E-state index contributed by atoms with van der Waals surface area (Å²) in [5.74, 6) is 2.11. The molecule has 0 saturated carbocycles. The van der Waals surface area contributed by atoms with Crippen molar-refractivity contribution in [3.8, 4) is 17.2 Å². The van der Waals surface area contributed by atoms with Crippen molar-refractivity contribution in [2.45, 2.75) is 19.9 Å². The third-order valence-corrected chi connectivity index (χ3v) is 3.87. The Kier molecular flexibility index (Phi) is 5.23. The molecule has 1 aliphatic rings. The van der Waals surface area contributed by atoms with Crippen molar-refractivity contribution in [1.29, 1.82) is 0 Å². The van der Waals surface area contributed by atoms with Crippen molar-refractivity contribution in [1.82, 2.24) is 5.32 Å². The maximum atomic E-state index is 12.1. The lowest BCUT2D eigenvalue weighted by Gasteiger charge is -2.13. The number of benzene rings is 2. The van der Waals surface area contributed by atoms with Crippen LogP contribution in [-0.2, 0) is 4.79 Å². The molecule has 25 heavy (non-hydrogen) atoms. The minimum atomic E-state index is -0.154. The van der Waals surface area contributed by atoms with Crippen LogP contribution in [0.5, 0.6) is 17.2 Å². The van der Waals surface area contributed by atoms with E-state index in [-0.39, 0.29) is 18.7 Å². The van der Waals surface area contributed by atoms with Crippen LogP contribution in [0.3, 0.4) is 0 Å². The van der Waals surface area contributed by atoms with Crippen molar-refractivity contribution >= 4 is 12.0 Å². The van der Waals surface area contributed by atoms with Crippen LogP contribution >= 0.6 is 0 Å². The third kappa shape index (κ3) is 4.32. The summed E-state index contributed by atoms with van der Waals surface area (Å²) in [6.45, 7) is 4.75. The SMILES string of the molecule is CCOc1ccc(/C=C/C(=O)NC(C)c2ccc3c(c2)OCO3)cc1. The second-order valence-corrected chi connectivity index (χ2v) is 5.68. The summed E-state index contributed by atoms with van der Waals surface area (Å²) in [6, 6.07) is 13.1. The Labute approximate surface area is 147 Å². The van der Waals surface area contributed by atoms with Crippen LogP contribution in [0.1, 0.15) is 31.0 Å². The van der Waals surface area contributed by atoms with Crippen LogP contribution in [-0.4, -0.2) is 19.3 Å². The summed E-state index contributed by atoms with van der Waals surface area (Å²) in [6.07, 6.45) is 3.30. The van der Waals surface area contributed by atoms with E-state index in [0.717, 1.165) is 22.6 Å². The second-order valence-electron chi connectivity index (χ2n) is 5.68. The third-order valence-electron chi connectivity index (χ3n) is 3.87. The van der Waals surface area contributed by atoms with Crippen molar-refractivity contribution in [2.75, 3.05) is 13.4 Å². The molecule has 130 valence electrons. The number of amides is 1. The van der Waals surface area contributed by atoms with E-state index >= 15 is 0 Å². The number of carbonyl (C=O) groups is 1. The molecule has 1 atom stereocenters. The monoisotopic (exact) mass is 339 g/mol. The van der Waals surface area contributed by atoms with Crippen LogP contribution in [0.4, 0.5) is 0 Å². The molecule has 5 heteroatoms. The van der Waals surface area contributed by atoms with Crippen LogP contribution in [0.25, 0.3) is 6.08 Å². The van der Waals surface area contributed by atoms with Gasteiger partial charge in [0.15, 0.2) is 11.5 Å². The molecule has 0 fully saturated rings. The number of hydrogen-bond acceptors (Lipinski definition) is 4. The maximum Gasteiger partial charge on any atom is 0.244 e. The molecule has 0 aromatic heterocycles. The lowest BCUT2D eigenvalue weighted by atomic mass is 10.1. The van der Waals surface area contributed by atoms with Gasteiger partial charge in [-0.05, 0) is 55.3 Å². The second kappa shape index (κ2) is 7.75. The van der Waals surface area contributed by atoms with E-state index in [1.165, 1.54) is 6.08 Å². The van der Waals surface area contributed by atoms with Gasteiger partial charge in [0.05, 0.1) is 12.6 Å².